The number of rotatable bonds is 9. The Labute approximate surface area is 252 Å². The summed E-state index contributed by atoms with van der Waals surface area (Å²) in [5.41, 5.74) is 2.28. The number of amides is 3. The molecule has 8 nitrogen and oxygen atoms in total. The van der Waals surface area contributed by atoms with Gasteiger partial charge in [-0.25, -0.2) is 0 Å². The molecule has 0 atom stereocenters. The minimum Gasteiger partial charge on any atom is -0.486 e. The highest BCUT2D eigenvalue weighted by molar-refractivity contribution is 8.00. The molecule has 4 aromatic carbocycles. The zero-order chi connectivity index (χ0) is 29.3. The summed E-state index contributed by atoms with van der Waals surface area (Å²) in [5, 5.41) is 8.89. The molecule has 42 heavy (non-hydrogen) atoms. The monoisotopic (exact) mass is 599 g/mol. The largest absolute Gasteiger partial charge is 0.486 e. The van der Waals surface area contributed by atoms with Crippen LogP contribution in [0.1, 0.15) is 15.9 Å². The summed E-state index contributed by atoms with van der Waals surface area (Å²) in [4.78, 5) is 39.4. The number of anilines is 2. The number of ether oxygens (including phenoxy) is 2. The number of nitrogens with one attached hydrogen (secondary N) is 3. The Bertz CT molecular complexity index is 1630. The molecule has 0 unspecified atom stereocenters. The van der Waals surface area contributed by atoms with E-state index in [4.69, 9.17) is 21.1 Å². The molecular formula is C32H26ClN3O5S. The van der Waals surface area contributed by atoms with Crippen molar-refractivity contribution in [3.8, 4) is 11.5 Å². The lowest BCUT2D eigenvalue weighted by atomic mass is 10.1. The summed E-state index contributed by atoms with van der Waals surface area (Å²) in [5.74, 6) is 0.372. The van der Waals surface area contributed by atoms with E-state index in [1.807, 2.05) is 0 Å². The average Bonchev–Trinajstić information content (AvgIpc) is 3.01. The Morgan fingerprint density at radius 1 is 0.786 bits per heavy atom. The molecule has 5 rings (SSSR count). The van der Waals surface area contributed by atoms with Crippen LogP contribution in [0.4, 0.5) is 11.4 Å². The van der Waals surface area contributed by atoms with Crippen LogP contribution >= 0.6 is 23.4 Å². The Hall–Kier alpha value is -4.73. The van der Waals surface area contributed by atoms with Gasteiger partial charge in [0.1, 0.15) is 18.9 Å². The molecule has 3 amide bonds. The van der Waals surface area contributed by atoms with Crippen molar-refractivity contribution >= 4 is 58.5 Å². The fraction of sp³-hybridized carbons (Fsp3) is 0.0938. The van der Waals surface area contributed by atoms with Crippen LogP contribution in [-0.2, 0) is 9.59 Å². The van der Waals surface area contributed by atoms with Crippen LogP contribution in [0.15, 0.2) is 108 Å². The van der Waals surface area contributed by atoms with Gasteiger partial charge in [-0.2, -0.15) is 0 Å². The van der Waals surface area contributed by atoms with Crippen molar-refractivity contribution in [2.75, 3.05) is 29.6 Å². The highest BCUT2D eigenvalue weighted by Gasteiger charge is 2.16. The predicted molar refractivity (Wildman–Crippen MR) is 165 cm³/mol. The molecule has 0 radical (unpaired) electrons. The van der Waals surface area contributed by atoms with E-state index in [-0.39, 0.29) is 17.4 Å². The third-order valence-corrected chi connectivity index (χ3v) is 7.24. The molecule has 0 fully saturated rings. The molecule has 212 valence electrons. The van der Waals surface area contributed by atoms with Crippen LogP contribution < -0.4 is 25.4 Å². The Morgan fingerprint density at radius 2 is 1.52 bits per heavy atom. The number of carbonyl (C=O) groups is 3. The Balaban J connectivity index is 1.20. The van der Waals surface area contributed by atoms with Gasteiger partial charge in [0.05, 0.1) is 5.75 Å². The van der Waals surface area contributed by atoms with E-state index in [1.165, 1.54) is 11.8 Å². The number of carbonyl (C=O) groups excluding carboxylic acids is 3. The van der Waals surface area contributed by atoms with Gasteiger partial charge in [0.2, 0.25) is 5.91 Å². The number of halogens is 1. The van der Waals surface area contributed by atoms with Crippen molar-refractivity contribution < 1.29 is 23.9 Å². The van der Waals surface area contributed by atoms with Gasteiger partial charge in [-0.05, 0) is 72.3 Å². The quantitative estimate of drug-likeness (QED) is 0.155. The molecular weight excluding hydrogens is 574 g/mol. The second-order valence-corrected chi connectivity index (χ2v) is 10.6. The highest BCUT2D eigenvalue weighted by Crippen LogP contribution is 2.32. The van der Waals surface area contributed by atoms with Crippen molar-refractivity contribution in [1.82, 2.24) is 5.32 Å². The first-order chi connectivity index (χ1) is 20.4. The highest BCUT2D eigenvalue weighted by atomic mass is 35.5. The number of fused-ring (bicyclic) bond motifs is 1. The number of thioether (sulfide) groups is 1. The number of hydrogen-bond donors (Lipinski definition) is 3. The van der Waals surface area contributed by atoms with E-state index in [0.717, 1.165) is 4.90 Å². The van der Waals surface area contributed by atoms with Crippen molar-refractivity contribution in [1.29, 1.82) is 0 Å². The predicted octanol–water partition coefficient (Wildman–Crippen LogP) is 6.25. The molecule has 1 aliphatic rings. The minimum atomic E-state index is -0.501. The maximum atomic E-state index is 13.2. The topological polar surface area (TPSA) is 106 Å². The first-order valence-corrected chi connectivity index (χ1v) is 14.4. The molecule has 0 aliphatic carbocycles. The van der Waals surface area contributed by atoms with Crippen LogP contribution in [0.2, 0.25) is 5.02 Å². The van der Waals surface area contributed by atoms with Crippen LogP contribution in [0.3, 0.4) is 0 Å². The third-order valence-electron chi connectivity index (χ3n) is 6.00. The average molecular weight is 600 g/mol. The summed E-state index contributed by atoms with van der Waals surface area (Å²) in [6, 6.07) is 27.9. The van der Waals surface area contributed by atoms with Crippen molar-refractivity contribution in [2.24, 2.45) is 0 Å². The van der Waals surface area contributed by atoms with Gasteiger partial charge in [0.25, 0.3) is 11.8 Å². The van der Waals surface area contributed by atoms with Crippen molar-refractivity contribution in [3.05, 3.63) is 119 Å². The molecule has 1 aliphatic heterocycles. The second kappa shape index (κ2) is 13.8. The lowest BCUT2D eigenvalue weighted by molar-refractivity contribution is -0.114. The van der Waals surface area contributed by atoms with Gasteiger partial charge in [0.15, 0.2) is 11.5 Å². The normalized spacial score (nSPS) is 12.3. The Morgan fingerprint density at radius 3 is 2.29 bits per heavy atom. The first-order valence-electron chi connectivity index (χ1n) is 13.0. The zero-order valence-corrected chi connectivity index (χ0v) is 23.8. The molecule has 0 bridgehead atoms. The molecule has 4 aromatic rings. The molecule has 0 spiro atoms. The van der Waals surface area contributed by atoms with Crippen molar-refractivity contribution in [2.45, 2.75) is 4.90 Å². The molecule has 0 saturated heterocycles. The Kier molecular flexibility index (Phi) is 9.43. The standard InChI is InChI=1S/C32H26ClN3O5S/c33-23-8-4-5-21(17-23)18-27(36-31(38)22-6-2-1-3-7-22)32(39)35-24-9-12-26(13-10-24)42-20-30(37)34-25-11-14-28-29(19-25)41-16-15-40-28/h1-14,17-19H,15-16,20H2,(H,34,37)(H,35,39)(H,36,38)/b27-18-. The van der Waals surface area contributed by atoms with Gasteiger partial charge in [-0.1, -0.05) is 41.9 Å². The third kappa shape index (κ3) is 7.93. The first kappa shape index (κ1) is 28.8. The van der Waals surface area contributed by atoms with Gasteiger partial charge in [0, 0.05) is 32.9 Å². The van der Waals surface area contributed by atoms with E-state index < -0.39 is 11.8 Å². The molecule has 10 heteroatoms. The summed E-state index contributed by atoms with van der Waals surface area (Å²) in [7, 11) is 0. The van der Waals surface area contributed by atoms with E-state index >= 15 is 0 Å². The summed E-state index contributed by atoms with van der Waals surface area (Å²) >= 11 is 7.47. The lowest BCUT2D eigenvalue weighted by Gasteiger charge is -2.19. The minimum absolute atomic E-state index is 0.0559. The molecule has 0 aromatic heterocycles. The van der Waals surface area contributed by atoms with E-state index in [0.29, 0.717) is 52.2 Å². The fourth-order valence-electron chi connectivity index (χ4n) is 4.01. The second-order valence-electron chi connectivity index (χ2n) is 9.11. The lowest BCUT2D eigenvalue weighted by Crippen LogP contribution is -2.30. The number of hydrogen-bond acceptors (Lipinski definition) is 6. The SMILES string of the molecule is O=C(CSc1ccc(NC(=O)/C(=C/c2cccc(Cl)c2)NC(=O)c2ccccc2)cc1)Nc1ccc2c(c1)OCCO2. The van der Waals surface area contributed by atoms with E-state index in [9.17, 15) is 14.4 Å². The van der Waals surface area contributed by atoms with Gasteiger partial charge >= 0.3 is 0 Å². The van der Waals surface area contributed by atoms with E-state index in [2.05, 4.69) is 16.0 Å². The summed E-state index contributed by atoms with van der Waals surface area (Å²) < 4.78 is 11.1. The summed E-state index contributed by atoms with van der Waals surface area (Å²) in [6.45, 7) is 0.974. The van der Waals surface area contributed by atoms with Crippen LogP contribution in [0.25, 0.3) is 6.08 Å². The molecule has 3 N–H and O–H groups in total. The summed E-state index contributed by atoms with van der Waals surface area (Å²) in [6.07, 6.45) is 1.56. The smallest absolute Gasteiger partial charge is 0.272 e. The zero-order valence-electron chi connectivity index (χ0n) is 22.3. The fourth-order valence-corrected chi connectivity index (χ4v) is 4.90. The maximum Gasteiger partial charge on any atom is 0.272 e. The van der Waals surface area contributed by atoms with Gasteiger partial charge in [-0.3, -0.25) is 14.4 Å². The molecule has 1 heterocycles. The van der Waals surface area contributed by atoms with Crippen LogP contribution in [-0.4, -0.2) is 36.7 Å². The van der Waals surface area contributed by atoms with Gasteiger partial charge < -0.3 is 25.4 Å². The van der Waals surface area contributed by atoms with Gasteiger partial charge in [-0.15, -0.1) is 11.8 Å². The van der Waals surface area contributed by atoms with Crippen LogP contribution in [0.5, 0.6) is 11.5 Å². The van der Waals surface area contributed by atoms with Crippen molar-refractivity contribution in [3.63, 3.8) is 0 Å². The van der Waals surface area contributed by atoms with E-state index in [1.54, 1.807) is 103 Å². The molecule has 0 saturated carbocycles. The maximum absolute atomic E-state index is 13.2. The number of benzene rings is 4. The van der Waals surface area contributed by atoms with Crippen LogP contribution in [0, 0.1) is 0 Å².